The Balaban J connectivity index is 3.94. The Kier molecular flexibility index (Phi) is 9.26. The molecule has 18 heavy (non-hydrogen) atoms. The summed E-state index contributed by atoms with van der Waals surface area (Å²) in [4.78, 5) is 22.3. The predicted molar refractivity (Wildman–Crippen MR) is 71.0 cm³/mol. The Hall–Kier alpha value is -1.11. The number of hydrogen-bond donors (Lipinski definition) is 3. The minimum atomic E-state index is -1.03. The van der Waals surface area contributed by atoms with E-state index >= 15 is 0 Å². The molecule has 0 spiro atoms. The number of carbonyl (C=O) groups excluding carboxylic acids is 1. The minimum Gasteiger partial charge on any atom is -0.480 e. The van der Waals surface area contributed by atoms with Crippen LogP contribution < -0.4 is 10.6 Å². The Morgan fingerprint density at radius 1 is 1.33 bits per heavy atom. The Morgan fingerprint density at radius 2 is 2.00 bits per heavy atom. The SMILES string of the molecule is CCCCC(NC(=O)NCCS(=O)CC)C(=O)O. The van der Waals surface area contributed by atoms with E-state index in [1.54, 1.807) is 6.92 Å². The summed E-state index contributed by atoms with van der Waals surface area (Å²) in [5.41, 5.74) is 0. The van der Waals surface area contributed by atoms with Gasteiger partial charge in [-0.15, -0.1) is 0 Å². The molecule has 0 bridgehead atoms. The van der Waals surface area contributed by atoms with Crippen LogP contribution in [-0.4, -0.2) is 45.4 Å². The normalized spacial score (nSPS) is 13.7. The number of carboxylic acid groups (broad SMARTS) is 1. The maximum atomic E-state index is 11.4. The van der Waals surface area contributed by atoms with Crippen molar-refractivity contribution >= 4 is 22.8 Å². The van der Waals surface area contributed by atoms with E-state index in [0.29, 0.717) is 17.9 Å². The zero-order chi connectivity index (χ0) is 14.0. The largest absolute Gasteiger partial charge is 0.480 e. The number of aliphatic carboxylic acids is 1. The summed E-state index contributed by atoms with van der Waals surface area (Å²) in [6, 6.07) is -1.38. The summed E-state index contributed by atoms with van der Waals surface area (Å²) < 4.78 is 11.1. The van der Waals surface area contributed by atoms with Gasteiger partial charge in [-0.25, -0.2) is 9.59 Å². The van der Waals surface area contributed by atoms with Crippen molar-refractivity contribution in [3.63, 3.8) is 0 Å². The van der Waals surface area contributed by atoms with E-state index in [1.165, 1.54) is 0 Å². The number of unbranched alkanes of at least 4 members (excludes halogenated alkanes) is 1. The first kappa shape index (κ1) is 16.9. The number of carboxylic acids is 1. The summed E-state index contributed by atoms with van der Waals surface area (Å²) in [6.45, 7) is 4.05. The van der Waals surface area contributed by atoms with Crippen molar-refractivity contribution in [3.8, 4) is 0 Å². The van der Waals surface area contributed by atoms with Gasteiger partial charge in [0, 0.05) is 28.9 Å². The molecule has 0 saturated heterocycles. The summed E-state index contributed by atoms with van der Waals surface area (Å²) in [6.07, 6.45) is 2.04. The fourth-order valence-electron chi connectivity index (χ4n) is 1.30. The Bertz CT molecular complexity index is 297. The van der Waals surface area contributed by atoms with Crippen molar-refractivity contribution in [2.45, 2.75) is 39.2 Å². The van der Waals surface area contributed by atoms with E-state index in [0.717, 1.165) is 12.8 Å². The molecule has 0 aliphatic heterocycles. The maximum Gasteiger partial charge on any atom is 0.326 e. The Morgan fingerprint density at radius 3 is 2.50 bits per heavy atom. The summed E-state index contributed by atoms with van der Waals surface area (Å²) in [5.74, 6) is -0.0931. The lowest BCUT2D eigenvalue weighted by atomic mass is 10.1. The molecule has 106 valence electrons. The van der Waals surface area contributed by atoms with Gasteiger partial charge in [0.15, 0.2) is 0 Å². The lowest BCUT2D eigenvalue weighted by molar-refractivity contribution is -0.139. The molecular weight excluding hydrogens is 256 g/mol. The van der Waals surface area contributed by atoms with Crippen LogP contribution in [0.4, 0.5) is 4.79 Å². The molecule has 0 aromatic carbocycles. The number of nitrogens with one attached hydrogen (secondary N) is 2. The average Bonchev–Trinajstić information content (AvgIpc) is 2.33. The van der Waals surface area contributed by atoms with Crippen LogP contribution in [0.5, 0.6) is 0 Å². The molecule has 0 aromatic heterocycles. The quantitative estimate of drug-likeness (QED) is 0.578. The molecule has 0 fully saturated rings. The average molecular weight is 278 g/mol. The van der Waals surface area contributed by atoms with Gasteiger partial charge in [0.1, 0.15) is 6.04 Å². The number of urea groups is 1. The first-order valence-electron chi connectivity index (χ1n) is 6.13. The molecule has 0 aliphatic carbocycles. The van der Waals surface area contributed by atoms with Crippen LogP contribution in [0.3, 0.4) is 0 Å². The highest BCUT2D eigenvalue weighted by molar-refractivity contribution is 7.84. The monoisotopic (exact) mass is 278 g/mol. The van der Waals surface area contributed by atoms with Crippen LogP contribution in [0.15, 0.2) is 0 Å². The fraction of sp³-hybridized carbons (Fsp3) is 0.818. The summed E-state index contributed by atoms with van der Waals surface area (Å²) in [5, 5.41) is 13.8. The second-order valence-corrected chi connectivity index (χ2v) is 5.73. The van der Waals surface area contributed by atoms with E-state index in [2.05, 4.69) is 10.6 Å². The highest BCUT2D eigenvalue weighted by atomic mass is 32.2. The molecule has 0 heterocycles. The van der Waals surface area contributed by atoms with Crippen molar-refractivity contribution in [3.05, 3.63) is 0 Å². The maximum absolute atomic E-state index is 11.4. The van der Waals surface area contributed by atoms with Crippen LogP contribution in [0.25, 0.3) is 0 Å². The molecule has 3 N–H and O–H groups in total. The molecule has 0 aromatic rings. The van der Waals surface area contributed by atoms with Crippen LogP contribution in [0.1, 0.15) is 33.1 Å². The molecule has 2 unspecified atom stereocenters. The molecule has 2 amide bonds. The van der Waals surface area contributed by atoms with Crippen molar-refractivity contribution in [2.75, 3.05) is 18.1 Å². The van der Waals surface area contributed by atoms with E-state index in [-0.39, 0.29) is 6.54 Å². The van der Waals surface area contributed by atoms with Gasteiger partial charge in [-0.1, -0.05) is 26.7 Å². The van der Waals surface area contributed by atoms with Gasteiger partial charge in [0.2, 0.25) is 0 Å². The number of amides is 2. The van der Waals surface area contributed by atoms with E-state index < -0.39 is 28.8 Å². The van der Waals surface area contributed by atoms with Crippen LogP contribution >= 0.6 is 0 Å². The van der Waals surface area contributed by atoms with Crippen LogP contribution in [-0.2, 0) is 15.6 Å². The van der Waals surface area contributed by atoms with E-state index in [4.69, 9.17) is 5.11 Å². The number of rotatable bonds is 9. The summed E-state index contributed by atoms with van der Waals surface area (Å²) >= 11 is 0. The fourth-order valence-corrected chi connectivity index (χ4v) is 1.92. The summed E-state index contributed by atoms with van der Waals surface area (Å²) in [7, 11) is -0.929. The Labute approximate surface area is 110 Å². The zero-order valence-corrected chi connectivity index (χ0v) is 11.7. The molecule has 6 nitrogen and oxygen atoms in total. The van der Waals surface area contributed by atoms with Crippen molar-refractivity contribution < 1.29 is 18.9 Å². The zero-order valence-electron chi connectivity index (χ0n) is 10.9. The molecule has 0 radical (unpaired) electrons. The first-order chi connectivity index (χ1) is 8.51. The molecule has 2 atom stereocenters. The van der Waals surface area contributed by atoms with Gasteiger partial charge in [0.25, 0.3) is 0 Å². The number of carbonyl (C=O) groups is 2. The second kappa shape index (κ2) is 9.87. The van der Waals surface area contributed by atoms with Gasteiger partial charge in [0.05, 0.1) is 0 Å². The highest BCUT2D eigenvalue weighted by Crippen LogP contribution is 2.00. The smallest absolute Gasteiger partial charge is 0.326 e. The van der Waals surface area contributed by atoms with Crippen molar-refractivity contribution in [2.24, 2.45) is 0 Å². The van der Waals surface area contributed by atoms with Crippen molar-refractivity contribution in [1.29, 1.82) is 0 Å². The number of hydrogen-bond acceptors (Lipinski definition) is 3. The predicted octanol–water partition coefficient (Wildman–Crippen LogP) is 0.698. The minimum absolute atomic E-state index is 0.284. The lowest BCUT2D eigenvalue weighted by Crippen LogP contribution is -2.46. The van der Waals surface area contributed by atoms with Gasteiger partial charge >= 0.3 is 12.0 Å². The van der Waals surface area contributed by atoms with Crippen molar-refractivity contribution in [1.82, 2.24) is 10.6 Å². The van der Waals surface area contributed by atoms with Gasteiger partial charge in [-0.3, -0.25) is 4.21 Å². The molecule has 0 rings (SSSR count). The third-order valence-electron chi connectivity index (χ3n) is 2.39. The third-order valence-corrected chi connectivity index (χ3v) is 3.69. The molecule has 0 aliphatic rings. The highest BCUT2D eigenvalue weighted by Gasteiger charge is 2.18. The lowest BCUT2D eigenvalue weighted by Gasteiger charge is -2.14. The molecule has 7 heteroatoms. The third kappa shape index (κ3) is 8.05. The van der Waals surface area contributed by atoms with Crippen LogP contribution in [0, 0.1) is 0 Å². The van der Waals surface area contributed by atoms with Gasteiger partial charge in [-0.2, -0.15) is 0 Å². The standard InChI is InChI=1S/C11H22N2O4S/c1-3-5-6-9(10(14)15)13-11(16)12-7-8-18(17)4-2/h9H,3-8H2,1-2H3,(H,14,15)(H2,12,13,16). The molecular formula is C11H22N2O4S. The van der Waals surface area contributed by atoms with Gasteiger partial charge in [-0.05, 0) is 6.42 Å². The molecule has 0 saturated carbocycles. The first-order valence-corrected chi connectivity index (χ1v) is 7.62. The topological polar surface area (TPSA) is 95.5 Å². The van der Waals surface area contributed by atoms with E-state index in [1.807, 2.05) is 6.92 Å². The van der Waals surface area contributed by atoms with E-state index in [9.17, 15) is 13.8 Å². The van der Waals surface area contributed by atoms with Gasteiger partial charge < -0.3 is 15.7 Å². The van der Waals surface area contributed by atoms with Crippen LogP contribution in [0.2, 0.25) is 0 Å². The second-order valence-electron chi connectivity index (χ2n) is 3.87.